The number of fused-ring (bicyclic) bond motifs is 1. The van der Waals surface area contributed by atoms with Crippen molar-refractivity contribution in [2.45, 2.75) is 6.92 Å². The fourth-order valence-corrected chi connectivity index (χ4v) is 2.86. The summed E-state index contributed by atoms with van der Waals surface area (Å²) in [5, 5.41) is 1.47. The molecule has 3 aromatic rings. The average Bonchev–Trinajstić information content (AvgIpc) is 2.96. The van der Waals surface area contributed by atoms with Crippen molar-refractivity contribution in [3.63, 3.8) is 0 Å². The summed E-state index contributed by atoms with van der Waals surface area (Å²) in [5.74, 6) is -0.151. The second-order valence-corrected chi connectivity index (χ2v) is 5.68. The van der Waals surface area contributed by atoms with Gasteiger partial charge in [-0.2, -0.15) is 0 Å². The third-order valence-electron chi connectivity index (χ3n) is 3.82. The Bertz CT molecular complexity index is 939. The summed E-state index contributed by atoms with van der Waals surface area (Å²) in [6.45, 7) is 1.79. The minimum Gasteiger partial charge on any atom is -0.294 e. The summed E-state index contributed by atoms with van der Waals surface area (Å²) in [6.07, 6.45) is 1.62. The molecule has 0 aliphatic carbocycles. The molecule has 0 aliphatic rings. The molecule has 0 radical (unpaired) electrons. The van der Waals surface area contributed by atoms with Crippen molar-refractivity contribution in [1.29, 1.82) is 0 Å². The number of carbonyl (C=O) groups is 1. The number of rotatable bonds is 3. The highest BCUT2D eigenvalue weighted by molar-refractivity contribution is 6.34. The fourth-order valence-electron chi connectivity index (χ4n) is 2.62. The van der Waals surface area contributed by atoms with Crippen molar-refractivity contribution in [3.05, 3.63) is 58.8 Å². The molecule has 0 N–H and O–H groups in total. The van der Waals surface area contributed by atoms with Crippen LogP contribution in [0.4, 0.5) is 4.39 Å². The minimum atomic E-state index is -0.396. The lowest BCUT2D eigenvalue weighted by Gasteiger charge is -2.19. The van der Waals surface area contributed by atoms with Crippen molar-refractivity contribution in [1.82, 2.24) is 14.4 Å². The maximum absolute atomic E-state index is 13.7. The summed E-state index contributed by atoms with van der Waals surface area (Å²) < 4.78 is 15.5. The molecule has 1 amide bonds. The zero-order chi connectivity index (χ0) is 17.4. The second kappa shape index (κ2) is 6.22. The van der Waals surface area contributed by atoms with Gasteiger partial charge in [-0.25, -0.2) is 14.4 Å². The van der Waals surface area contributed by atoms with Crippen LogP contribution >= 0.6 is 11.6 Å². The van der Waals surface area contributed by atoms with E-state index in [1.807, 2.05) is 0 Å². The predicted octanol–water partition coefficient (Wildman–Crippen LogP) is 3.74. The van der Waals surface area contributed by atoms with Crippen LogP contribution in [0, 0.1) is 12.7 Å². The van der Waals surface area contributed by atoms with Crippen LogP contribution in [0.25, 0.3) is 16.8 Å². The zero-order valence-corrected chi connectivity index (χ0v) is 14.1. The van der Waals surface area contributed by atoms with Crippen molar-refractivity contribution in [3.8, 4) is 11.3 Å². The molecule has 5 nitrogen and oxygen atoms in total. The molecule has 124 valence electrons. The third-order valence-corrected chi connectivity index (χ3v) is 4.12. The van der Waals surface area contributed by atoms with Gasteiger partial charge in [-0.15, -0.1) is 0 Å². The Labute approximate surface area is 143 Å². The molecule has 0 spiro atoms. The molecule has 3 rings (SSSR count). The molecule has 0 fully saturated rings. The van der Waals surface area contributed by atoms with Gasteiger partial charge in [0.15, 0.2) is 0 Å². The molecule has 0 unspecified atom stereocenters. The normalized spacial score (nSPS) is 11.0. The lowest BCUT2D eigenvalue weighted by atomic mass is 10.0. The summed E-state index contributed by atoms with van der Waals surface area (Å²) in [6, 6.07) is 7.59. The van der Waals surface area contributed by atoms with Crippen LogP contribution in [-0.2, 0) is 4.84 Å². The van der Waals surface area contributed by atoms with E-state index in [0.717, 1.165) is 5.06 Å². The first-order chi connectivity index (χ1) is 11.4. The number of benzene rings is 1. The maximum Gasteiger partial charge on any atom is 0.279 e. The monoisotopic (exact) mass is 347 g/mol. The van der Waals surface area contributed by atoms with Gasteiger partial charge in [0, 0.05) is 12.6 Å². The van der Waals surface area contributed by atoms with Gasteiger partial charge < -0.3 is 0 Å². The Morgan fingerprint density at radius 3 is 2.79 bits per heavy atom. The molecule has 0 saturated carbocycles. The topological polar surface area (TPSA) is 46.8 Å². The van der Waals surface area contributed by atoms with Crippen LogP contribution in [0.3, 0.4) is 0 Å². The Hall–Kier alpha value is -2.44. The molecule has 0 bridgehead atoms. The van der Waals surface area contributed by atoms with Gasteiger partial charge in [0.25, 0.3) is 5.91 Å². The Kier molecular flexibility index (Phi) is 4.26. The molecule has 0 saturated heterocycles. The molecule has 24 heavy (non-hydrogen) atoms. The number of imidazole rings is 1. The quantitative estimate of drug-likeness (QED) is 0.678. The highest BCUT2D eigenvalue weighted by Crippen LogP contribution is 2.32. The Balaban J connectivity index is 2.40. The summed E-state index contributed by atoms with van der Waals surface area (Å²) in [4.78, 5) is 21.9. The molecular weight excluding hydrogens is 333 g/mol. The maximum atomic E-state index is 13.7. The molecule has 0 atom stereocenters. The first-order valence-electron chi connectivity index (χ1n) is 7.18. The average molecular weight is 348 g/mol. The highest BCUT2D eigenvalue weighted by atomic mass is 35.5. The number of hydroxylamine groups is 2. The molecular formula is C17H15ClFN3O2. The molecule has 0 aliphatic heterocycles. The number of aryl methyl sites for hydroxylation is 1. The number of halogens is 2. The van der Waals surface area contributed by atoms with Crippen LogP contribution in [0.15, 0.2) is 36.5 Å². The van der Waals surface area contributed by atoms with E-state index in [4.69, 9.17) is 16.4 Å². The first-order valence-corrected chi connectivity index (χ1v) is 7.56. The van der Waals surface area contributed by atoms with Crippen LogP contribution in [0.1, 0.15) is 16.2 Å². The number of nitrogens with zero attached hydrogens (tertiary/aromatic N) is 3. The SMILES string of the molecule is CON(C)C(=O)c1cc(Cl)c2cnc(C)n2c1-c1cccc(F)c1. The summed E-state index contributed by atoms with van der Waals surface area (Å²) in [7, 11) is 2.89. The van der Waals surface area contributed by atoms with Crippen molar-refractivity contribution >= 4 is 23.0 Å². The third kappa shape index (κ3) is 2.64. The van der Waals surface area contributed by atoms with Crippen LogP contribution in [0.5, 0.6) is 0 Å². The molecule has 1 aromatic carbocycles. The lowest BCUT2D eigenvalue weighted by molar-refractivity contribution is -0.0756. The number of aromatic nitrogens is 2. The van der Waals surface area contributed by atoms with Gasteiger partial charge in [-0.3, -0.25) is 14.0 Å². The second-order valence-electron chi connectivity index (χ2n) is 5.28. The highest BCUT2D eigenvalue weighted by Gasteiger charge is 2.23. The van der Waals surface area contributed by atoms with E-state index in [9.17, 15) is 9.18 Å². The van der Waals surface area contributed by atoms with E-state index in [1.165, 1.54) is 26.3 Å². The fraction of sp³-hybridized carbons (Fsp3) is 0.176. The number of hydrogen-bond acceptors (Lipinski definition) is 3. The van der Waals surface area contributed by atoms with Crippen molar-refractivity contribution in [2.24, 2.45) is 0 Å². The van der Waals surface area contributed by atoms with Crippen molar-refractivity contribution in [2.75, 3.05) is 14.2 Å². The number of amides is 1. The Morgan fingerprint density at radius 2 is 2.12 bits per heavy atom. The first kappa shape index (κ1) is 16.4. The number of pyridine rings is 1. The zero-order valence-electron chi connectivity index (χ0n) is 13.4. The standard InChI is InChI=1S/C17H15ClFN3O2/c1-10-20-9-15-14(18)8-13(17(23)21(2)24-3)16(22(10)15)11-5-4-6-12(19)7-11/h4-9H,1-3H3. The minimum absolute atomic E-state index is 0.295. The van der Waals surface area contributed by atoms with E-state index in [-0.39, 0.29) is 0 Å². The van der Waals surface area contributed by atoms with Gasteiger partial charge in [-0.05, 0) is 25.1 Å². The summed E-state index contributed by atoms with van der Waals surface area (Å²) in [5.41, 5.74) is 2.00. The molecule has 7 heteroatoms. The van der Waals surface area contributed by atoms with Gasteiger partial charge in [-0.1, -0.05) is 23.7 Å². The van der Waals surface area contributed by atoms with E-state index >= 15 is 0 Å². The lowest BCUT2D eigenvalue weighted by Crippen LogP contribution is -2.26. The van der Waals surface area contributed by atoms with Crippen LogP contribution in [0.2, 0.25) is 5.02 Å². The predicted molar refractivity (Wildman–Crippen MR) is 89.4 cm³/mol. The van der Waals surface area contributed by atoms with Gasteiger partial charge >= 0.3 is 0 Å². The van der Waals surface area contributed by atoms with E-state index in [0.29, 0.717) is 33.2 Å². The largest absolute Gasteiger partial charge is 0.294 e. The number of hydrogen-bond donors (Lipinski definition) is 0. The summed E-state index contributed by atoms with van der Waals surface area (Å²) >= 11 is 6.31. The molecule has 2 aromatic heterocycles. The van der Waals surface area contributed by atoms with E-state index in [1.54, 1.807) is 35.7 Å². The van der Waals surface area contributed by atoms with Gasteiger partial charge in [0.1, 0.15) is 11.6 Å². The van der Waals surface area contributed by atoms with Gasteiger partial charge in [0.2, 0.25) is 0 Å². The smallest absolute Gasteiger partial charge is 0.279 e. The van der Waals surface area contributed by atoms with E-state index < -0.39 is 11.7 Å². The van der Waals surface area contributed by atoms with Gasteiger partial charge in [0.05, 0.1) is 35.1 Å². The van der Waals surface area contributed by atoms with Crippen LogP contribution in [-0.4, -0.2) is 34.5 Å². The Morgan fingerprint density at radius 1 is 1.38 bits per heavy atom. The van der Waals surface area contributed by atoms with E-state index in [2.05, 4.69) is 4.98 Å². The van der Waals surface area contributed by atoms with Crippen molar-refractivity contribution < 1.29 is 14.0 Å². The van der Waals surface area contributed by atoms with Crippen LogP contribution < -0.4 is 0 Å². The molecule has 2 heterocycles. The number of carbonyl (C=O) groups excluding carboxylic acids is 1.